The first-order valence-corrected chi connectivity index (χ1v) is 11.5. The van der Waals surface area contributed by atoms with Crippen LogP contribution in [0.2, 0.25) is 0 Å². The van der Waals surface area contributed by atoms with Gasteiger partial charge in [-0.15, -0.1) is 0 Å². The van der Waals surface area contributed by atoms with Crippen LogP contribution in [0.15, 0.2) is 51.6 Å². The van der Waals surface area contributed by atoms with Crippen molar-refractivity contribution in [2.45, 2.75) is 53.0 Å². The van der Waals surface area contributed by atoms with E-state index in [-0.39, 0.29) is 18.4 Å². The SMILES string of the molecule is COC(=O)C1=C(C)N=C2SC=C(CC(=O)NCC(C)C)N2[C@H]1c1ccc(C(C)C)cc1. The van der Waals surface area contributed by atoms with Crippen molar-refractivity contribution in [2.75, 3.05) is 13.7 Å². The number of amides is 1. The minimum absolute atomic E-state index is 0.0402. The predicted octanol–water partition coefficient (Wildman–Crippen LogP) is 4.72. The maximum absolute atomic E-state index is 12.7. The molecule has 0 fully saturated rings. The normalized spacial score (nSPS) is 18.2. The van der Waals surface area contributed by atoms with Crippen LogP contribution in [0.25, 0.3) is 0 Å². The Hall–Kier alpha value is -2.54. The maximum atomic E-state index is 12.7. The van der Waals surface area contributed by atoms with Gasteiger partial charge in [-0.25, -0.2) is 9.79 Å². The summed E-state index contributed by atoms with van der Waals surface area (Å²) in [6, 6.07) is 7.91. The van der Waals surface area contributed by atoms with Crippen molar-refractivity contribution in [1.29, 1.82) is 0 Å². The Kier molecular flexibility index (Phi) is 7.26. The van der Waals surface area contributed by atoms with Crippen molar-refractivity contribution in [1.82, 2.24) is 10.2 Å². The maximum Gasteiger partial charge on any atom is 0.338 e. The van der Waals surface area contributed by atoms with Crippen molar-refractivity contribution in [3.63, 3.8) is 0 Å². The number of ether oxygens (including phenoxy) is 1. The van der Waals surface area contributed by atoms with E-state index in [0.717, 1.165) is 16.4 Å². The van der Waals surface area contributed by atoms with Crippen LogP contribution < -0.4 is 5.32 Å². The fourth-order valence-electron chi connectivity index (χ4n) is 3.66. The van der Waals surface area contributed by atoms with Crippen molar-refractivity contribution < 1.29 is 14.3 Å². The predicted molar refractivity (Wildman–Crippen MR) is 125 cm³/mol. The lowest BCUT2D eigenvalue weighted by molar-refractivity contribution is -0.136. The number of hydrogen-bond donors (Lipinski definition) is 1. The molecule has 3 rings (SSSR count). The Morgan fingerprint density at radius 3 is 2.45 bits per heavy atom. The van der Waals surface area contributed by atoms with E-state index in [0.29, 0.717) is 29.7 Å². The minimum Gasteiger partial charge on any atom is -0.466 e. The number of fused-ring (bicyclic) bond motifs is 1. The molecule has 0 spiro atoms. The highest BCUT2D eigenvalue weighted by molar-refractivity contribution is 8.16. The van der Waals surface area contributed by atoms with E-state index in [4.69, 9.17) is 4.74 Å². The molecule has 2 aliphatic heterocycles. The van der Waals surface area contributed by atoms with Gasteiger partial charge in [0.25, 0.3) is 0 Å². The summed E-state index contributed by atoms with van der Waals surface area (Å²) in [7, 11) is 1.38. The Labute approximate surface area is 188 Å². The first kappa shape index (κ1) is 23.1. The molecule has 2 aliphatic rings. The van der Waals surface area contributed by atoms with E-state index < -0.39 is 5.97 Å². The average Bonchev–Trinajstić information content (AvgIpc) is 3.12. The molecule has 31 heavy (non-hydrogen) atoms. The molecule has 0 aliphatic carbocycles. The summed E-state index contributed by atoms with van der Waals surface area (Å²) < 4.78 is 5.11. The second-order valence-corrected chi connectivity index (χ2v) is 9.42. The lowest BCUT2D eigenvalue weighted by Crippen LogP contribution is -2.38. The van der Waals surface area contributed by atoms with Crippen LogP contribution in [0.1, 0.15) is 64.1 Å². The lowest BCUT2D eigenvalue weighted by Gasteiger charge is -2.36. The highest BCUT2D eigenvalue weighted by atomic mass is 32.2. The quantitative estimate of drug-likeness (QED) is 0.620. The first-order chi connectivity index (χ1) is 14.7. The molecule has 0 unspecified atom stereocenters. The molecule has 1 atom stereocenters. The van der Waals surface area contributed by atoms with Crippen molar-refractivity contribution in [3.05, 3.63) is 57.8 Å². The van der Waals surface area contributed by atoms with Gasteiger partial charge >= 0.3 is 5.97 Å². The number of carbonyl (C=O) groups is 2. The number of hydrogen-bond acceptors (Lipinski definition) is 6. The largest absolute Gasteiger partial charge is 0.466 e. The number of rotatable bonds is 7. The van der Waals surface area contributed by atoms with Gasteiger partial charge in [0.05, 0.1) is 30.8 Å². The molecule has 0 aromatic heterocycles. The summed E-state index contributed by atoms with van der Waals surface area (Å²) >= 11 is 1.48. The smallest absolute Gasteiger partial charge is 0.338 e. The lowest BCUT2D eigenvalue weighted by atomic mass is 9.92. The number of benzene rings is 1. The van der Waals surface area contributed by atoms with Gasteiger partial charge in [0.15, 0.2) is 5.17 Å². The molecule has 7 heteroatoms. The monoisotopic (exact) mass is 441 g/mol. The number of nitrogens with zero attached hydrogens (tertiary/aromatic N) is 2. The van der Waals surface area contributed by atoms with Gasteiger partial charge in [-0.2, -0.15) is 0 Å². The first-order valence-electron chi connectivity index (χ1n) is 10.6. The van der Waals surface area contributed by atoms with E-state index in [9.17, 15) is 9.59 Å². The Bertz CT molecular complexity index is 945. The molecule has 1 amide bonds. The second kappa shape index (κ2) is 9.73. The highest BCUT2D eigenvalue weighted by Crippen LogP contribution is 2.44. The second-order valence-electron chi connectivity index (χ2n) is 8.58. The number of nitrogens with one attached hydrogen (secondary N) is 1. The Morgan fingerprint density at radius 1 is 1.19 bits per heavy atom. The van der Waals surface area contributed by atoms with E-state index in [1.165, 1.54) is 24.4 Å². The van der Waals surface area contributed by atoms with Crippen LogP contribution in [-0.2, 0) is 14.3 Å². The van der Waals surface area contributed by atoms with Crippen molar-refractivity contribution >= 4 is 28.8 Å². The zero-order chi connectivity index (χ0) is 22.7. The molecule has 1 aromatic carbocycles. The van der Waals surface area contributed by atoms with Crippen LogP contribution in [-0.4, -0.2) is 35.6 Å². The highest BCUT2D eigenvalue weighted by Gasteiger charge is 2.40. The molecule has 1 aromatic rings. The van der Waals surface area contributed by atoms with Gasteiger partial charge in [0, 0.05) is 12.2 Å². The number of amidine groups is 1. The van der Waals surface area contributed by atoms with Crippen LogP contribution in [0.3, 0.4) is 0 Å². The average molecular weight is 442 g/mol. The molecular formula is C24H31N3O3S. The molecule has 0 saturated heterocycles. The molecule has 0 bridgehead atoms. The molecule has 0 radical (unpaired) electrons. The van der Waals surface area contributed by atoms with Crippen LogP contribution in [0.5, 0.6) is 0 Å². The molecule has 0 saturated carbocycles. The zero-order valence-corrected chi connectivity index (χ0v) is 19.9. The molecule has 2 heterocycles. The number of methoxy groups -OCH3 is 1. The fourth-order valence-corrected chi connectivity index (χ4v) is 4.63. The van der Waals surface area contributed by atoms with Gasteiger partial charge in [0.2, 0.25) is 5.91 Å². The van der Waals surface area contributed by atoms with Gasteiger partial charge in [-0.3, -0.25) is 4.79 Å². The standard InChI is InChI=1S/C24H31N3O3S/c1-14(2)12-25-20(28)11-19-13-31-24-26-16(5)21(23(29)30-6)22(27(19)24)18-9-7-17(8-10-18)15(3)4/h7-10,13-15,22H,11-12H2,1-6H3,(H,25,28)/t22-/m0/s1. The summed E-state index contributed by atoms with van der Waals surface area (Å²) in [6.07, 6.45) is 0.229. The van der Waals surface area contributed by atoms with E-state index in [2.05, 4.69) is 62.3 Å². The summed E-state index contributed by atoms with van der Waals surface area (Å²) in [5, 5.41) is 5.70. The summed E-state index contributed by atoms with van der Waals surface area (Å²) in [5.74, 6) is 0.351. The minimum atomic E-state index is -0.404. The van der Waals surface area contributed by atoms with E-state index in [1.807, 2.05) is 17.2 Å². The Morgan fingerprint density at radius 2 is 1.87 bits per heavy atom. The number of aliphatic imine (C=N–C) groups is 1. The summed E-state index contributed by atoms with van der Waals surface area (Å²) in [4.78, 5) is 31.9. The zero-order valence-electron chi connectivity index (χ0n) is 19.1. The van der Waals surface area contributed by atoms with Crippen molar-refractivity contribution in [3.8, 4) is 0 Å². The Balaban J connectivity index is 1.98. The van der Waals surface area contributed by atoms with Crippen LogP contribution in [0, 0.1) is 5.92 Å². The molecular weight excluding hydrogens is 410 g/mol. The summed E-state index contributed by atoms with van der Waals surface area (Å²) in [6.45, 7) is 10.9. The number of esters is 1. The third-order valence-electron chi connectivity index (χ3n) is 5.37. The van der Waals surface area contributed by atoms with Gasteiger partial charge in [-0.05, 0) is 35.3 Å². The third kappa shape index (κ3) is 5.03. The van der Waals surface area contributed by atoms with Crippen LogP contribution >= 0.6 is 11.8 Å². The topological polar surface area (TPSA) is 71.0 Å². The molecule has 6 nitrogen and oxygen atoms in total. The van der Waals surface area contributed by atoms with Gasteiger partial charge in [0.1, 0.15) is 0 Å². The van der Waals surface area contributed by atoms with E-state index >= 15 is 0 Å². The third-order valence-corrected chi connectivity index (χ3v) is 6.26. The molecule has 166 valence electrons. The fraction of sp³-hybridized carbons (Fsp3) is 0.458. The van der Waals surface area contributed by atoms with Gasteiger partial charge < -0.3 is 15.0 Å². The molecule has 1 N–H and O–H groups in total. The van der Waals surface area contributed by atoms with E-state index in [1.54, 1.807) is 0 Å². The summed E-state index contributed by atoms with van der Waals surface area (Å²) in [5.41, 5.74) is 4.17. The van der Waals surface area contributed by atoms with Gasteiger partial charge in [-0.1, -0.05) is 63.7 Å². The number of thioether (sulfide) groups is 1. The number of allylic oxidation sites excluding steroid dienone is 1. The number of carbonyl (C=O) groups excluding carboxylic acids is 2. The van der Waals surface area contributed by atoms with Crippen LogP contribution in [0.4, 0.5) is 0 Å². The van der Waals surface area contributed by atoms with Crippen molar-refractivity contribution in [2.24, 2.45) is 10.9 Å².